The zero-order chi connectivity index (χ0) is 11.3. The molecule has 0 bridgehead atoms. The van der Waals surface area contributed by atoms with Crippen LogP contribution in [-0.2, 0) is 0 Å². The van der Waals surface area contributed by atoms with Crippen LogP contribution in [0.4, 0.5) is 10.2 Å². The first kappa shape index (κ1) is 12.2. The Labute approximate surface area is 93.5 Å². The number of aromatic nitrogens is 1. The van der Waals surface area contributed by atoms with Gasteiger partial charge in [0.25, 0.3) is 0 Å². The van der Waals surface area contributed by atoms with E-state index in [-0.39, 0.29) is 17.4 Å². The van der Waals surface area contributed by atoms with Crippen LogP contribution >= 0.6 is 11.6 Å². The van der Waals surface area contributed by atoms with Gasteiger partial charge in [0.2, 0.25) is 0 Å². The smallest absolute Gasteiger partial charge is 0.167 e. The summed E-state index contributed by atoms with van der Waals surface area (Å²) in [4.78, 5) is 5.62. The lowest BCUT2D eigenvalue weighted by Gasteiger charge is -2.22. The molecule has 1 rings (SSSR count). The number of hydrogen-bond acceptors (Lipinski definition) is 3. The summed E-state index contributed by atoms with van der Waals surface area (Å²) >= 11 is 5.61. The van der Waals surface area contributed by atoms with Crippen molar-refractivity contribution in [3.8, 4) is 0 Å². The van der Waals surface area contributed by atoms with Crippen LogP contribution in [0.1, 0.15) is 13.3 Å². The van der Waals surface area contributed by atoms with Gasteiger partial charge in [-0.3, -0.25) is 0 Å². The Hall–Kier alpha value is -0.870. The molecular weight excluding hydrogens is 219 g/mol. The summed E-state index contributed by atoms with van der Waals surface area (Å²) in [7, 11) is 0. The lowest BCUT2D eigenvalue weighted by molar-refractivity contribution is 0.301. The van der Waals surface area contributed by atoms with Gasteiger partial charge < -0.3 is 10.0 Å². The second kappa shape index (κ2) is 5.88. The normalized spacial score (nSPS) is 10.4. The quantitative estimate of drug-likeness (QED) is 0.845. The third-order valence-corrected chi connectivity index (χ3v) is 2.16. The van der Waals surface area contributed by atoms with Gasteiger partial charge in [0.1, 0.15) is 0 Å². The monoisotopic (exact) mass is 232 g/mol. The van der Waals surface area contributed by atoms with Crippen molar-refractivity contribution >= 4 is 17.4 Å². The van der Waals surface area contributed by atoms with Gasteiger partial charge in [-0.25, -0.2) is 9.37 Å². The van der Waals surface area contributed by atoms with Crippen molar-refractivity contribution in [2.75, 3.05) is 24.6 Å². The maximum Gasteiger partial charge on any atom is 0.167 e. The summed E-state index contributed by atoms with van der Waals surface area (Å²) in [6.07, 6.45) is 2.27. The van der Waals surface area contributed by atoms with E-state index in [1.54, 1.807) is 4.90 Å². The molecule has 0 aromatic carbocycles. The molecule has 84 valence electrons. The largest absolute Gasteiger partial charge is 0.395 e. The molecule has 0 unspecified atom stereocenters. The van der Waals surface area contributed by atoms with E-state index in [4.69, 9.17) is 16.7 Å². The fraction of sp³-hybridized carbons (Fsp3) is 0.500. The molecule has 0 aliphatic carbocycles. The third kappa shape index (κ3) is 3.32. The summed E-state index contributed by atoms with van der Waals surface area (Å²) in [6, 6.07) is 1.23. The number of hydrogen-bond donors (Lipinski definition) is 1. The zero-order valence-corrected chi connectivity index (χ0v) is 9.34. The van der Waals surface area contributed by atoms with Crippen LogP contribution in [0.15, 0.2) is 12.3 Å². The summed E-state index contributed by atoms with van der Waals surface area (Å²) in [6.45, 7) is 2.99. The van der Waals surface area contributed by atoms with E-state index in [0.29, 0.717) is 13.1 Å². The minimum atomic E-state index is -0.454. The second-order valence-corrected chi connectivity index (χ2v) is 3.61. The number of aliphatic hydroxyl groups excluding tert-OH is 1. The molecule has 0 amide bonds. The van der Waals surface area contributed by atoms with Crippen LogP contribution in [0.25, 0.3) is 0 Å². The molecule has 0 radical (unpaired) electrons. The van der Waals surface area contributed by atoms with E-state index in [2.05, 4.69) is 4.98 Å². The first-order chi connectivity index (χ1) is 7.19. The maximum atomic E-state index is 13.5. The molecule has 0 aliphatic heterocycles. The number of aliphatic hydroxyl groups is 1. The van der Waals surface area contributed by atoms with Crippen molar-refractivity contribution in [1.82, 2.24) is 4.98 Å². The van der Waals surface area contributed by atoms with Gasteiger partial charge in [0.05, 0.1) is 11.6 Å². The molecule has 0 aliphatic rings. The van der Waals surface area contributed by atoms with Gasteiger partial charge in [0, 0.05) is 19.3 Å². The summed E-state index contributed by atoms with van der Waals surface area (Å²) in [5.41, 5.74) is 0. The number of rotatable bonds is 5. The lowest BCUT2D eigenvalue weighted by atomic mass is 10.3. The molecule has 0 spiro atoms. The highest BCUT2D eigenvalue weighted by Gasteiger charge is 2.12. The molecule has 1 heterocycles. The highest BCUT2D eigenvalue weighted by atomic mass is 35.5. The Morgan fingerprint density at radius 3 is 2.80 bits per heavy atom. The molecule has 1 aromatic heterocycles. The molecule has 0 atom stereocenters. The second-order valence-electron chi connectivity index (χ2n) is 3.17. The minimum Gasteiger partial charge on any atom is -0.395 e. The third-order valence-electron chi connectivity index (χ3n) is 1.95. The average Bonchev–Trinajstić information content (AvgIpc) is 2.17. The van der Waals surface area contributed by atoms with Crippen LogP contribution < -0.4 is 4.90 Å². The Morgan fingerprint density at radius 1 is 1.53 bits per heavy atom. The van der Waals surface area contributed by atoms with Crippen LogP contribution in [0.3, 0.4) is 0 Å². The summed E-state index contributed by atoms with van der Waals surface area (Å²) < 4.78 is 13.5. The van der Waals surface area contributed by atoms with Gasteiger partial charge in [-0.2, -0.15) is 0 Å². The van der Waals surface area contributed by atoms with E-state index in [1.807, 2.05) is 6.92 Å². The molecule has 1 aromatic rings. The van der Waals surface area contributed by atoms with Crippen molar-refractivity contribution in [2.45, 2.75) is 13.3 Å². The van der Waals surface area contributed by atoms with Crippen molar-refractivity contribution in [2.24, 2.45) is 0 Å². The van der Waals surface area contributed by atoms with Crippen LogP contribution in [-0.4, -0.2) is 29.8 Å². The zero-order valence-electron chi connectivity index (χ0n) is 8.58. The molecule has 0 fully saturated rings. The molecular formula is C10H14ClFN2O. The van der Waals surface area contributed by atoms with Gasteiger partial charge in [-0.15, -0.1) is 0 Å². The highest BCUT2D eigenvalue weighted by Crippen LogP contribution is 2.19. The summed E-state index contributed by atoms with van der Waals surface area (Å²) in [5, 5.41) is 9.13. The Morgan fingerprint density at radius 2 is 2.27 bits per heavy atom. The van der Waals surface area contributed by atoms with Gasteiger partial charge >= 0.3 is 0 Å². The van der Waals surface area contributed by atoms with E-state index < -0.39 is 5.82 Å². The van der Waals surface area contributed by atoms with Crippen LogP contribution in [0.5, 0.6) is 0 Å². The Balaban J connectivity index is 2.89. The van der Waals surface area contributed by atoms with Crippen LogP contribution in [0.2, 0.25) is 5.02 Å². The first-order valence-corrected chi connectivity index (χ1v) is 5.23. The molecule has 0 saturated carbocycles. The fourth-order valence-corrected chi connectivity index (χ4v) is 1.50. The maximum absolute atomic E-state index is 13.5. The standard InChI is InChI=1S/C10H14ClFN2O/c1-2-3-14(4-5-15)10-9(12)6-8(11)7-13-10/h6-7,15H,2-5H2,1H3. The SMILES string of the molecule is CCCN(CCO)c1ncc(Cl)cc1F. The Bertz CT molecular complexity index is 316. The van der Waals surface area contributed by atoms with Crippen molar-refractivity contribution in [1.29, 1.82) is 0 Å². The van der Waals surface area contributed by atoms with Gasteiger partial charge in [-0.1, -0.05) is 18.5 Å². The first-order valence-electron chi connectivity index (χ1n) is 4.86. The lowest BCUT2D eigenvalue weighted by Crippen LogP contribution is -2.29. The minimum absolute atomic E-state index is 0.0241. The summed E-state index contributed by atoms with van der Waals surface area (Å²) in [5.74, 6) is -0.209. The number of pyridine rings is 1. The number of anilines is 1. The van der Waals surface area contributed by atoms with Gasteiger partial charge in [0.15, 0.2) is 11.6 Å². The van der Waals surface area contributed by atoms with E-state index in [0.717, 1.165) is 6.42 Å². The molecule has 3 nitrogen and oxygen atoms in total. The van der Waals surface area contributed by atoms with E-state index in [9.17, 15) is 4.39 Å². The van der Waals surface area contributed by atoms with Crippen molar-refractivity contribution in [3.63, 3.8) is 0 Å². The van der Waals surface area contributed by atoms with Gasteiger partial charge in [-0.05, 0) is 12.5 Å². The number of halogens is 2. The predicted octanol–water partition coefficient (Wildman–Crippen LogP) is 2.08. The molecule has 1 N–H and O–H groups in total. The molecule has 15 heavy (non-hydrogen) atoms. The van der Waals surface area contributed by atoms with Crippen molar-refractivity contribution < 1.29 is 9.50 Å². The predicted molar refractivity (Wildman–Crippen MR) is 58.8 cm³/mol. The van der Waals surface area contributed by atoms with Crippen LogP contribution in [0, 0.1) is 5.82 Å². The highest BCUT2D eigenvalue weighted by molar-refractivity contribution is 6.30. The Kier molecular flexibility index (Phi) is 4.78. The van der Waals surface area contributed by atoms with E-state index >= 15 is 0 Å². The molecule has 5 heteroatoms. The average molecular weight is 233 g/mol. The fourth-order valence-electron chi connectivity index (χ4n) is 1.35. The van der Waals surface area contributed by atoms with Crippen molar-refractivity contribution in [3.05, 3.63) is 23.1 Å². The molecule has 0 saturated heterocycles. The number of nitrogens with zero attached hydrogens (tertiary/aromatic N) is 2. The topological polar surface area (TPSA) is 36.4 Å². The van der Waals surface area contributed by atoms with E-state index in [1.165, 1.54) is 12.3 Å².